The molecule has 0 aliphatic heterocycles. The van der Waals surface area contributed by atoms with Crippen molar-refractivity contribution in [1.29, 1.82) is 0 Å². The highest BCUT2D eigenvalue weighted by Crippen LogP contribution is 2.28. The maximum atomic E-state index is 5.86. The quantitative estimate of drug-likeness (QED) is 0.609. The predicted octanol–water partition coefficient (Wildman–Crippen LogP) is 2.54. The van der Waals surface area contributed by atoms with Crippen LogP contribution in [0, 0.1) is 0 Å². The highest BCUT2D eigenvalue weighted by Gasteiger charge is 2.10. The van der Waals surface area contributed by atoms with Crippen molar-refractivity contribution < 1.29 is 4.74 Å². The maximum absolute atomic E-state index is 5.86. The average molecular weight is 184 g/mol. The molecule has 1 aliphatic carbocycles. The van der Waals surface area contributed by atoms with Gasteiger partial charge in [0.05, 0.1) is 7.11 Å². The molecule has 0 aromatic heterocycles. The van der Waals surface area contributed by atoms with Crippen molar-refractivity contribution in [3.8, 4) is 5.75 Å². The lowest BCUT2D eigenvalue weighted by molar-refractivity contribution is 0.409. The first kappa shape index (κ1) is 9.38. The Bertz CT molecular complexity index is 369. The number of ether oxygens (including phenoxy) is 1. The molecule has 2 radical (unpaired) electrons. The van der Waals surface area contributed by atoms with Crippen LogP contribution in [0.5, 0.6) is 5.75 Å². The van der Waals surface area contributed by atoms with Gasteiger partial charge in [-0.3, -0.25) is 0 Å². The van der Waals surface area contributed by atoms with Crippen LogP contribution in [-0.4, -0.2) is 15.0 Å². The summed E-state index contributed by atoms with van der Waals surface area (Å²) in [5.74, 6) is 0.980. The molecule has 70 valence electrons. The molecule has 0 saturated heterocycles. The van der Waals surface area contributed by atoms with E-state index in [4.69, 9.17) is 12.6 Å². The summed E-state index contributed by atoms with van der Waals surface area (Å²) >= 11 is 0. The van der Waals surface area contributed by atoms with Crippen LogP contribution >= 0.6 is 0 Å². The summed E-state index contributed by atoms with van der Waals surface area (Å²) in [6, 6.07) is 6.11. The van der Waals surface area contributed by atoms with Crippen LogP contribution in [0.3, 0.4) is 0 Å². The highest BCUT2D eigenvalue weighted by atomic mass is 16.5. The van der Waals surface area contributed by atoms with E-state index in [-0.39, 0.29) is 0 Å². The predicted molar refractivity (Wildman–Crippen MR) is 59.7 cm³/mol. The third kappa shape index (κ3) is 1.70. The minimum Gasteiger partial charge on any atom is -0.496 e. The number of hydrogen-bond acceptors (Lipinski definition) is 1. The Labute approximate surface area is 86.2 Å². The number of allylic oxidation sites excluding steroid dienone is 1. The normalized spacial score (nSPS) is 15.4. The van der Waals surface area contributed by atoms with Crippen molar-refractivity contribution in [1.82, 2.24) is 0 Å². The SMILES string of the molecule is [B]C1=Cc2cccc(OC)c2CCC1. The molecule has 2 heteroatoms. The molecular formula is C12H13BO. The topological polar surface area (TPSA) is 9.23 Å². The maximum Gasteiger partial charge on any atom is 0.122 e. The van der Waals surface area contributed by atoms with Gasteiger partial charge in [-0.25, -0.2) is 0 Å². The zero-order valence-electron chi connectivity index (χ0n) is 8.42. The van der Waals surface area contributed by atoms with E-state index in [2.05, 4.69) is 12.1 Å². The Morgan fingerprint density at radius 3 is 2.93 bits per heavy atom. The number of hydrogen-bond donors (Lipinski definition) is 0. The third-order valence-electron chi connectivity index (χ3n) is 2.62. The van der Waals surface area contributed by atoms with E-state index in [1.165, 1.54) is 11.1 Å². The van der Waals surface area contributed by atoms with Crippen molar-refractivity contribution in [2.24, 2.45) is 0 Å². The smallest absolute Gasteiger partial charge is 0.122 e. The van der Waals surface area contributed by atoms with Crippen molar-refractivity contribution in [2.75, 3.05) is 7.11 Å². The standard InChI is InChI=1S/C12H13BO/c1-14-12-7-2-4-9-8-10(13)5-3-6-11(9)12/h2,4,7-8H,3,5-6H2,1H3. The van der Waals surface area contributed by atoms with Crippen molar-refractivity contribution in [3.63, 3.8) is 0 Å². The van der Waals surface area contributed by atoms with Gasteiger partial charge >= 0.3 is 0 Å². The zero-order valence-corrected chi connectivity index (χ0v) is 8.42. The summed E-state index contributed by atoms with van der Waals surface area (Å²) in [5.41, 5.74) is 3.46. The third-order valence-corrected chi connectivity index (χ3v) is 2.62. The molecular weight excluding hydrogens is 171 g/mol. The van der Waals surface area contributed by atoms with E-state index < -0.39 is 0 Å². The lowest BCUT2D eigenvalue weighted by Crippen LogP contribution is -1.93. The van der Waals surface area contributed by atoms with Crippen molar-refractivity contribution >= 4 is 13.9 Å². The van der Waals surface area contributed by atoms with E-state index in [9.17, 15) is 0 Å². The van der Waals surface area contributed by atoms with Crippen LogP contribution in [0.15, 0.2) is 23.7 Å². The number of fused-ring (bicyclic) bond motifs is 1. The van der Waals surface area contributed by atoms with Crippen LogP contribution in [0.4, 0.5) is 0 Å². The molecule has 0 spiro atoms. The highest BCUT2D eigenvalue weighted by molar-refractivity contribution is 6.24. The number of rotatable bonds is 1. The summed E-state index contributed by atoms with van der Waals surface area (Å²) in [6.07, 6.45) is 5.20. The zero-order chi connectivity index (χ0) is 9.97. The number of methoxy groups -OCH3 is 1. The first-order chi connectivity index (χ1) is 6.81. The largest absolute Gasteiger partial charge is 0.496 e. The van der Waals surface area contributed by atoms with Gasteiger partial charge in [-0.2, -0.15) is 0 Å². The molecule has 0 unspecified atom stereocenters. The summed E-state index contributed by atoms with van der Waals surface area (Å²) in [6.45, 7) is 0. The molecule has 0 fully saturated rings. The Morgan fingerprint density at radius 1 is 1.29 bits per heavy atom. The lowest BCUT2D eigenvalue weighted by Gasteiger charge is -2.09. The van der Waals surface area contributed by atoms with Gasteiger partial charge in [0.25, 0.3) is 0 Å². The molecule has 0 amide bonds. The molecule has 0 saturated carbocycles. The molecule has 1 aliphatic rings. The summed E-state index contributed by atoms with van der Waals surface area (Å²) in [4.78, 5) is 0. The second-order valence-corrected chi connectivity index (χ2v) is 3.60. The molecule has 0 N–H and O–H groups in total. The van der Waals surface area contributed by atoms with E-state index in [1.807, 2.05) is 12.1 Å². The fraction of sp³-hybridized carbons (Fsp3) is 0.333. The van der Waals surface area contributed by atoms with Crippen LogP contribution in [0.1, 0.15) is 24.0 Å². The summed E-state index contributed by atoms with van der Waals surface area (Å²) in [7, 11) is 7.58. The van der Waals surface area contributed by atoms with Gasteiger partial charge in [0.15, 0.2) is 0 Å². The molecule has 1 aromatic carbocycles. The molecule has 1 aromatic rings. The lowest BCUT2D eigenvalue weighted by atomic mass is 9.91. The minimum absolute atomic E-state index is 0.969. The van der Waals surface area contributed by atoms with Gasteiger partial charge in [-0.1, -0.05) is 18.2 Å². The van der Waals surface area contributed by atoms with Gasteiger partial charge in [-0.05, 0) is 30.9 Å². The van der Waals surface area contributed by atoms with Gasteiger partial charge in [0, 0.05) is 5.56 Å². The molecule has 0 heterocycles. The van der Waals surface area contributed by atoms with Crippen molar-refractivity contribution in [3.05, 3.63) is 34.8 Å². The average Bonchev–Trinajstić information content (AvgIpc) is 2.37. The Balaban J connectivity index is 2.51. The molecule has 2 rings (SSSR count). The Kier molecular flexibility index (Phi) is 2.62. The summed E-state index contributed by atoms with van der Waals surface area (Å²) in [5, 5.41) is 0. The molecule has 14 heavy (non-hydrogen) atoms. The van der Waals surface area contributed by atoms with Crippen molar-refractivity contribution in [2.45, 2.75) is 19.3 Å². The first-order valence-corrected chi connectivity index (χ1v) is 4.93. The van der Waals surface area contributed by atoms with Gasteiger partial charge in [-0.15, -0.1) is 5.47 Å². The van der Waals surface area contributed by atoms with E-state index >= 15 is 0 Å². The van der Waals surface area contributed by atoms with Crippen LogP contribution in [-0.2, 0) is 6.42 Å². The van der Waals surface area contributed by atoms with Gasteiger partial charge in [0.1, 0.15) is 13.6 Å². The minimum atomic E-state index is 0.969. The van der Waals surface area contributed by atoms with E-state index in [0.717, 1.165) is 30.5 Å². The van der Waals surface area contributed by atoms with Gasteiger partial charge in [0.2, 0.25) is 0 Å². The van der Waals surface area contributed by atoms with Crippen LogP contribution in [0.2, 0.25) is 0 Å². The second kappa shape index (κ2) is 3.91. The monoisotopic (exact) mass is 184 g/mol. The van der Waals surface area contributed by atoms with E-state index in [0.29, 0.717) is 0 Å². The Hall–Kier alpha value is -1.18. The Morgan fingerprint density at radius 2 is 2.14 bits per heavy atom. The van der Waals surface area contributed by atoms with Crippen LogP contribution < -0.4 is 4.74 Å². The molecule has 1 nitrogen and oxygen atoms in total. The fourth-order valence-electron chi connectivity index (χ4n) is 1.92. The van der Waals surface area contributed by atoms with E-state index in [1.54, 1.807) is 7.11 Å². The fourth-order valence-corrected chi connectivity index (χ4v) is 1.92. The van der Waals surface area contributed by atoms with Crippen LogP contribution in [0.25, 0.3) is 6.08 Å². The molecule has 0 bridgehead atoms. The number of benzene rings is 1. The molecule has 0 atom stereocenters. The second-order valence-electron chi connectivity index (χ2n) is 3.60. The first-order valence-electron chi connectivity index (χ1n) is 4.93. The summed E-state index contributed by atoms with van der Waals surface area (Å²) < 4.78 is 5.33. The van der Waals surface area contributed by atoms with Gasteiger partial charge < -0.3 is 4.74 Å².